The fourth-order valence-electron chi connectivity index (χ4n) is 2.01. The second-order valence-electron chi connectivity index (χ2n) is 4.91. The number of benzene rings is 1. The lowest BCUT2D eigenvalue weighted by atomic mass is 10.1. The molecule has 0 radical (unpaired) electrons. The van der Waals surface area contributed by atoms with Crippen LogP contribution in [-0.4, -0.2) is 22.2 Å². The normalized spacial score (nSPS) is 16.9. The summed E-state index contributed by atoms with van der Waals surface area (Å²) in [4.78, 5) is 14.0. The van der Waals surface area contributed by atoms with Gasteiger partial charge in [-0.25, -0.2) is 0 Å². The third-order valence-electron chi connectivity index (χ3n) is 3.34. The van der Waals surface area contributed by atoms with Gasteiger partial charge in [0.1, 0.15) is 15.8 Å². The summed E-state index contributed by atoms with van der Waals surface area (Å²) in [7, 11) is 1.67. The Labute approximate surface area is 142 Å². The number of nitrogens with zero attached hydrogens (tertiary/aromatic N) is 1. The minimum absolute atomic E-state index is 0.105. The first-order valence-corrected chi connectivity index (χ1v) is 8.14. The van der Waals surface area contributed by atoms with Gasteiger partial charge in [-0.15, -0.1) is 0 Å². The van der Waals surface area contributed by atoms with Crippen LogP contribution in [0.1, 0.15) is 11.3 Å². The Bertz CT molecular complexity index is 810. The number of likely N-dealkylation sites (N-methyl/N-ethyl adjacent to an activating group) is 1. The molecule has 0 aliphatic carbocycles. The predicted octanol–water partition coefficient (Wildman–Crippen LogP) is 4.74. The summed E-state index contributed by atoms with van der Waals surface area (Å²) in [6.45, 7) is 1.95. The summed E-state index contributed by atoms with van der Waals surface area (Å²) < 4.78 is 6.33. The number of hydrogen-bond acceptors (Lipinski definition) is 4. The number of halogens is 1. The van der Waals surface area contributed by atoms with Crippen LogP contribution in [0.2, 0.25) is 5.02 Å². The number of thioether (sulfide) groups is 1. The Morgan fingerprint density at radius 2 is 2.09 bits per heavy atom. The molecule has 1 aliphatic rings. The maximum atomic E-state index is 12.0. The minimum Gasteiger partial charge on any atom is -0.457 e. The SMILES string of the molecule is Cc1ccc(-c2ccc(/C=C3\SC(=S)N(C)C3=O)o2)cc1Cl. The first-order chi connectivity index (χ1) is 10.5. The van der Waals surface area contributed by atoms with Crippen LogP contribution in [0.3, 0.4) is 0 Å². The van der Waals surface area contributed by atoms with Crippen LogP contribution < -0.4 is 0 Å². The Morgan fingerprint density at radius 3 is 2.73 bits per heavy atom. The molecule has 22 heavy (non-hydrogen) atoms. The monoisotopic (exact) mass is 349 g/mol. The third-order valence-corrected chi connectivity index (χ3v) is 5.23. The Kier molecular flexibility index (Phi) is 4.12. The summed E-state index contributed by atoms with van der Waals surface area (Å²) in [5.74, 6) is 1.21. The van der Waals surface area contributed by atoms with E-state index in [-0.39, 0.29) is 5.91 Å². The number of hydrogen-bond donors (Lipinski definition) is 0. The van der Waals surface area contributed by atoms with E-state index in [4.69, 9.17) is 28.2 Å². The summed E-state index contributed by atoms with van der Waals surface area (Å²) >= 11 is 12.5. The van der Waals surface area contributed by atoms with Crippen LogP contribution in [0, 0.1) is 6.92 Å². The molecule has 0 unspecified atom stereocenters. The van der Waals surface area contributed by atoms with Crippen LogP contribution >= 0.6 is 35.6 Å². The maximum absolute atomic E-state index is 12.0. The molecule has 3 rings (SSSR count). The van der Waals surface area contributed by atoms with Crippen molar-refractivity contribution in [3.8, 4) is 11.3 Å². The minimum atomic E-state index is -0.105. The predicted molar refractivity (Wildman–Crippen MR) is 94.8 cm³/mol. The number of amides is 1. The van der Waals surface area contributed by atoms with Crippen molar-refractivity contribution >= 4 is 51.9 Å². The van der Waals surface area contributed by atoms with Crippen LogP contribution in [-0.2, 0) is 4.79 Å². The number of carbonyl (C=O) groups is 1. The molecule has 0 atom stereocenters. The Hall–Kier alpha value is -1.56. The summed E-state index contributed by atoms with van der Waals surface area (Å²) in [6.07, 6.45) is 1.71. The zero-order valence-corrected chi connectivity index (χ0v) is 14.3. The van der Waals surface area contributed by atoms with Crippen LogP contribution in [0.15, 0.2) is 39.7 Å². The molecule has 1 amide bonds. The van der Waals surface area contributed by atoms with Crippen molar-refractivity contribution in [2.45, 2.75) is 6.92 Å². The van der Waals surface area contributed by atoms with E-state index >= 15 is 0 Å². The van der Waals surface area contributed by atoms with Crippen LogP contribution in [0.4, 0.5) is 0 Å². The molecule has 1 fully saturated rings. The molecular formula is C16H12ClNO2S2. The standard InChI is InChI=1S/C16H12ClNO2S2/c1-9-3-4-10(7-12(9)17)13-6-5-11(20-13)8-14-15(19)18(2)16(21)22-14/h3-8H,1-2H3/b14-8-. The van der Waals surface area contributed by atoms with Crippen LogP contribution in [0.25, 0.3) is 17.4 Å². The Balaban J connectivity index is 1.90. The highest BCUT2D eigenvalue weighted by atomic mass is 35.5. The van der Waals surface area contributed by atoms with Gasteiger partial charge in [0.15, 0.2) is 0 Å². The summed E-state index contributed by atoms with van der Waals surface area (Å²) in [5.41, 5.74) is 1.92. The molecule has 2 aromatic rings. The van der Waals surface area contributed by atoms with Gasteiger partial charge in [0.2, 0.25) is 0 Å². The van der Waals surface area contributed by atoms with Gasteiger partial charge < -0.3 is 4.42 Å². The van der Waals surface area contributed by atoms with Crippen molar-refractivity contribution in [1.29, 1.82) is 0 Å². The lowest BCUT2D eigenvalue weighted by Crippen LogP contribution is -2.22. The molecule has 1 aromatic heterocycles. The van der Waals surface area contributed by atoms with Crippen molar-refractivity contribution in [3.05, 3.63) is 51.6 Å². The molecule has 112 valence electrons. The van der Waals surface area contributed by atoms with E-state index in [1.54, 1.807) is 13.1 Å². The molecule has 3 nitrogen and oxygen atoms in total. The molecule has 0 N–H and O–H groups in total. The lowest BCUT2D eigenvalue weighted by molar-refractivity contribution is -0.121. The first-order valence-electron chi connectivity index (χ1n) is 6.53. The fourth-order valence-corrected chi connectivity index (χ4v) is 3.35. The van der Waals surface area contributed by atoms with Crippen LogP contribution in [0.5, 0.6) is 0 Å². The second kappa shape index (κ2) is 5.91. The molecule has 1 saturated heterocycles. The molecule has 0 bridgehead atoms. The average molecular weight is 350 g/mol. The molecule has 1 aliphatic heterocycles. The van der Waals surface area contributed by atoms with E-state index in [1.165, 1.54) is 16.7 Å². The van der Waals surface area contributed by atoms with E-state index in [0.717, 1.165) is 11.1 Å². The van der Waals surface area contributed by atoms with E-state index in [2.05, 4.69) is 0 Å². The zero-order chi connectivity index (χ0) is 15.9. The van der Waals surface area contributed by atoms with Crippen molar-refractivity contribution in [2.24, 2.45) is 0 Å². The lowest BCUT2D eigenvalue weighted by Gasteiger charge is -2.03. The maximum Gasteiger partial charge on any atom is 0.266 e. The number of aryl methyl sites for hydroxylation is 1. The third kappa shape index (κ3) is 2.84. The summed E-state index contributed by atoms with van der Waals surface area (Å²) in [6, 6.07) is 9.45. The molecule has 2 heterocycles. The first kappa shape index (κ1) is 15.3. The van der Waals surface area contributed by atoms with Gasteiger partial charge >= 0.3 is 0 Å². The van der Waals surface area contributed by atoms with Gasteiger partial charge in [0.25, 0.3) is 5.91 Å². The number of rotatable bonds is 2. The largest absolute Gasteiger partial charge is 0.457 e. The number of thiocarbonyl (C=S) groups is 1. The molecule has 6 heteroatoms. The van der Waals surface area contributed by atoms with Gasteiger partial charge in [0, 0.05) is 23.7 Å². The highest BCUT2D eigenvalue weighted by molar-refractivity contribution is 8.26. The number of carbonyl (C=O) groups excluding carboxylic acids is 1. The zero-order valence-electron chi connectivity index (χ0n) is 11.9. The van der Waals surface area contributed by atoms with Gasteiger partial charge in [-0.2, -0.15) is 0 Å². The average Bonchev–Trinajstić information content (AvgIpc) is 3.04. The van der Waals surface area contributed by atoms with Crippen molar-refractivity contribution in [1.82, 2.24) is 4.90 Å². The fraction of sp³-hybridized carbons (Fsp3) is 0.125. The molecule has 1 aromatic carbocycles. The van der Waals surface area contributed by atoms with Gasteiger partial charge in [0.05, 0.1) is 4.91 Å². The summed E-state index contributed by atoms with van der Waals surface area (Å²) in [5, 5.41) is 0.697. The topological polar surface area (TPSA) is 33.5 Å². The van der Waals surface area contributed by atoms with E-state index in [9.17, 15) is 4.79 Å². The highest BCUT2D eigenvalue weighted by Crippen LogP contribution is 2.33. The quantitative estimate of drug-likeness (QED) is 0.579. The smallest absolute Gasteiger partial charge is 0.266 e. The molecular weight excluding hydrogens is 338 g/mol. The highest BCUT2D eigenvalue weighted by Gasteiger charge is 2.29. The van der Waals surface area contributed by atoms with E-state index in [0.29, 0.717) is 25.8 Å². The van der Waals surface area contributed by atoms with Gasteiger partial charge in [-0.05, 0) is 30.7 Å². The molecule has 0 spiro atoms. The van der Waals surface area contributed by atoms with Crippen molar-refractivity contribution < 1.29 is 9.21 Å². The van der Waals surface area contributed by atoms with Gasteiger partial charge in [-0.3, -0.25) is 9.69 Å². The Morgan fingerprint density at radius 1 is 1.32 bits per heavy atom. The number of furan rings is 1. The van der Waals surface area contributed by atoms with Gasteiger partial charge in [-0.1, -0.05) is 47.7 Å². The van der Waals surface area contributed by atoms with Crippen molar-refractivity contribution in [3.63, 3.8) is 0 Å². The van der Waals surface area contributed by atoms with E-state index < -0.39 is 0 Å². The van der Waals surface area contributed by atoms with Crippen molar-refractivity contribution in [2.75, 3.05) is 7.05 Å². The van der Waals surface area contributed by atoms with E-state index in [1.807, 2.05) is 37.3 Å². The molecule has 0 saturated carbocycles. The second-order valence-corrected chi connectivity index (χ2v) is 6.99.